The van der Waals surface area contributed by atoms with Crippen molar-refractivity contribution >= 4 is 11.6 Å². The molecular weight excluding hydrogens is 209 g/mol. The van der Waals surface area contributed by atoms with E-state index in [1.54, 1.807) is 6.92 Å². The number of halogens is 1. The monoisotopic (exact) mass is 223 g/mol. The molecular formula is C12H14FNO2. The molecule has 0 fully saturated rings. The van der Waals surface area contributed by atoms with Crippen molar-refractivity contribution in [2.75, 3.05) is 5.32 Å². The van der Waals surface area contributed by atoms with E-state index < -0.39 is 11.9 Å². The molecule has 0 aliphatic carbocycles. The number of carbonyl (C=O) groups excluding carboxylic acids is 1. The second-order valence-corrected chi connectivity index (χ2v) is 4.09. The lowest BCUT2D eigenvalue weighted by atomic mass is 9.95. The van der Waals surface area contributed by atoms with Crippen LogP contribution in [0.2, 0.25) is 0 Å². The zero-order chi connectivity index (χ0) is 11.9. The number of benzene rings is 1. The SMILES string of the molecule is CCC1C(=O)Nc2c(C(C)O)cc(F)cc21. The Labute approximate surface area is 93.3 Å². The van der Waals surface area contributed by atoms with Gasteiger partial charge in [-0.2, -0.15) is 0 Å². The Hall–Kier alpha value is -1.42. The Morgan fingerprint density at radius 1 is 1.56 bits per heavy atom. The molecule has 1 aromatic carbocycles. The van der Waals surface area contributed by atoms with Gasteiger partial charge in [-0.3, -0.25) is 4.79 Å². The molecule has 2 unspecified atom stereocenters. The molecule has 1 aromatic rings. The highest BCUT2D eigenvalue weighted by atomic mass is 19.1. The van der Waals surface area contributed by atoms with Gasteiger partial charge < -0.3 is 10.4 Å². The largest absolute Gasteiger partial charge is 0.389 e. The van der Waals surface area contributed by atoms with Crippen LogP contribution >= 0.6 is 0 Å². The summed E-state index contributed by atoms with van der Waals surface area (Å²) in [6, 6.07) is 2.63. The number of rotatable bonds is 2. The van der Waals surface area contributed by atoms with Crippen LogP contribution in [0.4, 0.5) is 10.1 Å². The molecule has 16 heavy (non-hydrogen) atoms. The van der Waals surface area contributed by atoms with Gasteiger partial charge in [-0.1, -0.05) is 6.92 Å². The molecule has 1 aliphatic rings. The predicted octanol–water partition coefficient (Wildman–Crippen LogP) is 2.32. The zero-order valence-electron chi connectivity index (χ0n) is 9.25. The standard InChI is InChI=1S/C12H14FNO2/c1-3-8-10-5-7(13)4-9(6(2)15)11(10)14-12(8)16/h4-6,8,15H,3H2,1-2H3,(H,14,16). The van der Waals surface area contributed by atoms with Crippen molar-refractivity contribution < 1.29 is 14.3 Å². The maximum absolute atomic E-state index is 13.4. The van der Waals surface area contributed by atoms with Crippen LogP contribution < -0.4 is 5.32 Å². The Kier molecular flexibility index (Phi) is 2.68. The molecule has 1 heterocycles. The molecule has 1 aliphatic heterocycles. The number of carbonyl (C=O) groups is 1. The van der Waals surface area contributed by atoms with Crippen LogP contribution in [-0.2, 0) is 4.79 Å². The van der Waals surface area contributed by atoms with Gasteiger partial charge >= 0.3 is 0 Å². The highest BCUT2D eigenvalue weighted by Gasteiger charge is 2.32. The Morgan fingerprint density at radius 3 is 2.81 bits per heavy atom. The van der Waals surface area contributed by atoms with Crippen LogP contribution in [0.5, 0.6) is 0 Å². The highest BCUT2D eigenvalue weighted by molar-refractivity contribution is 6.03. The Bertz CT molecular complexity index is 443. The van der Waals surface area contributed by atoms with Crippen LogP contribution in [0.25, 0.3) is 0 Å². The molecule has 2 rings (SSSR count). The smallest absolute Gasteiger partial charge is 0.232 e. The molecule has 3 nitrogen and oxygen atoms in total. The van der Waals surface area contributed by atoms with E-state index in [9.17, 15) is 14.3 Å². The van der Waals surface area contributed by atoms with Gasteiger partial charge in [0.1, 0.15) is 5.82 Å². The van der Waals surface area contributed by atoms with E-state index in [1.165, 1.54) is 12.1 Å². The number of anilines is 1. The minimum Gasteiger partial charge on any atom is -0.389 e. The predicted molar refractivity (Wildman–Crippen MR) is 58.7 cm³/mol. The van der Waals surface area contributed by atoms with Crippen molar-refractivity contribution in [3.63, 3.8) is 0 Å². The van der Waals surface area contributed by atoms with Crippen LogP contribution in [-0.4, -0.2) is 11.0 Å². The van der Waals surface area contributed by atoms with Gasteiger partial charge in [0.05, 0.1) is 17.7 Å². The lowest BCUT2D eigenvalue weighted by Gasteiger charge is -2.11. The third-order valence-corrected chi connectivity index (χ3v) is 2.96. The lowest BCUT2D eigenvalue weighted by Crippen LogP contribution is -2.11. The minimum atomic E-state index is -0.791. The van der Waals surface area contributed by atoms with Crippen molar-refractivity contribution in [3.8, 4) is 0 Å². The van der Waals surface area contributed by atoms with Crippen LogP contribution in [0.1, 0.15) is 43.4 Å². The zero-order valence-corrected chi connectivity index (χ0v) is 9.25. The van der Waals surface area contributed by atoms with Crippen molar-refractivity contribution in [1.82, 2.24) is 0 Å². The number of nitrogens with one attached hydrogen (secondary N) is 1. The van der Waals surface area contributed by atoms with Crippen LogP contribution in [0, 0.1) is 5.82 Å². The van der Waals surface area contributed by atoms with Gasteiger partial charge in [0.15, 0.2) is 0 Å². The molecule has 0 radical (unpaired) electrons. The summed E-state index contributed by atoms with van der Waals surface area (Å²) in [5, 5.41) is 12.2. The van der Waals surface area contributed by atoms with Crippen molar-refractivity contribution in [1.29, 1.82) is 0 Å². The number of hydrogen-bond donors (Lipinski definition) is 2. The number of amides is 1. The first-order valence-electron chi connectivity index (χ1n) is 5.36. The molecule has 86 valence electrons. The van der Waals surface area contributed by atoms with E-state index in [1.807, 2.05) is 6.92 Å². The fourth-order valence-electron chi connectivity index (χ4n) is 2.16. The summed E-state index contributed by atoms with van der Waals surface area (Å²) in [5.74, 6) is -0.835. The third-order valence-electron chi connectivity index (χ3n) is 2.96. The molecule has 4 heteroatoms. The van der Waals surface area contributed by atoms with Gasteiger partial charge in [-0.05, 0) is 31.0 Å². The molecule has 0 saturated heterocycles. The average molecular weight is 223 g/mol. The second-order valence-electron chi connectivity index (χ2n) is 4.09. The van der Waals surface area contributed by atoms with E-state index >= 15 is 0 Å². The summed E-state index contributed by atoms with van der Waals surface area (Å²) < 4.78 is 13.4. The Balaban J connectivity index is 2.59. The first kappa shape index (κ1) is 11.1. The van der Waals surface area contributed by atoms with Crippen molar-refractivity contribution in [2.45, 2.75) is 32.3 Å². The summed E-state index contributed by atoms with van der Waals surface area (Å²) in [5.41, 5.74) is 1.68. The number of aliphatic hydroxyl groups excluding tert-OH is 1. The lowest BCUT2D eigenvalue weighted by molar-refractivity contribution is -0.117. The highest BCUT2D eigenvalue weighted by Crippen LogP contribution is 2.39. The van der Waals surface area contributed by atoms with E-state index in [4.69, 9.17) is 0 Å². The summed E-state index contributed by atoms with van der Waals surface area (Å²) in [4.78, 5) is 11.6. The molecule has 0 bridgehead atoms. The van der Waals surface area contributed by atoms with E-state index in [2.05, 4.69) is 5.32 Å². The van der Waals surface area contributed by atoms with Gasteiger partial charge in [-0.15, -0.1) is 0 Å². The molecule has 1 amide bonds. The summed E-state index contributed by atoms with van der Waals surface area (Å²) in [6.45, 7) is 3.44. The molecule has 2 N–H and O–H groups in total. The summed E-state index contributed by atoms with van der Waals surface area (Å²) >= 11 is 0. The van der Waals surface area contributed by atoms with Crippen LogP contribution in [0.3, 0.4) is 0 Å². The molecule has 2 atom stereocenters. The van der Waals surface area contributed by atoms with E-state index in [0.717, 1.165) is 0 Å². The first-order chi connectivity index (χ1) is 7.54. The molecule has 0 aromatic heterocycles. The van der Waals surface area contributed by atoms with Gasteiger partial charge in [0, 0.05) is 5.56 Å². The van der Waals surface area contributed by atoms with Gasteiger partial charge in [0.2, 0.25) is 5.91 Å². The first-order valence-corrected chi connectivity index (χ1v) is 5.36. The fraction of sp³-hybridized carbons (Fsp3) is 0.417. The van der Waals surface area contributed by atoms with Gasteiger partial charge in [0.25, 0.3) is 0 Å². The number of hydrogen-bond acceptors (Lipinski definition) is 2. The van der Waals surface area contributed by atoms with Crippen molar-refractivity contribution in [3.05, 3.63) is 29.1 Å². The summed E-state index contributed by atoms with van der Waals surface area (Å²) in [6.07, 6.45) is -0.165. The molecule has 0 spiro atoms. The van der Waals surface area contributed by atoms with Gasteiger partial charge in [-0.25, -0.2) is 4.39 Å². The quantitative estimate of drug-likeness (QED) is 0.808. The molecule has 0 saturated carbocycles. The van der Waals surface area contributed by atoms with Crippen LogP contribution in [0.15, 0.2) is 12.1 Å². The van der Waals surface area contributed by atoms with E-state index in [-0.39, 0.29) is 11.8 Å². The number of aliphatic hydroxyl groups is 1. The van der Waals surface area contributed by atoms with Crippen molar-refractivity contribution in [2.24, 2.45) is 0 Å². The third kappa shape index (κ3) is 1.59. The van der Waals surface area contributed by atoms with E-state index in [0.29, 0.717) is 23.2 Å². The fourth-order valence-corrected chi connectivity index (χ4v) is 2.16. The topological polar surface area (TPSA) is 49.3 Å². The average Bonchev–Trinajstić information content (AvgIpc) is 2.52. The summed E-state index contributed by atoms with van der Waals surface area (Å²) in [7, 11) is 0. The maximum Gasteiger partial charge on any atom is 0.232 e. The normalized spacial score (nSPS) is 20.5. The second kappa shape index (κ2) is 3.87. The minimum absolute atomic E-state index is 0.120. The number of fused-ring (bicyclic) bond motifs is 1. The Morgan fingerprint density at radius 2 is 2.25 bits per heavy atom. The maximum atomic E-state index is 13.4.